The minimum Gasteiger partial charge on any atom is -0.320 e. The molecule has 2 aliphatic rings. The lowest BCUT2D eigenvalue weighted by molar-refractivity contribution is 0.0615. The van der Waals surface area contributed by atoms with Gasteiger partial charge in [-0.15, -0.1) is 0 Å². The molecule has 0 heterocycles. The zero-order valence-electron chi connectivity index (χ0n) is 8.02. The highest BCUT2D eigenvalue weighted by Crippen LogP contribution is 2.58. The van der Waals surface area contributed by atoms with Crippen molar-refractivity contribution in [2.24, 2.45) is 17.6 Å². The van der Waals surface area contributed by atoms with Crippen molar-refractivity contribution >= 4 is 0 Å². The second kappa shape index (κ2) is 2.66. The summed E-state index contributed by atoms with van der Waals surface area (Å²) < 4.78 is 25.9. The Kier molecular flexibility index (Phi) is 1.92. The molecule has 2 rings (SSSR count). The van der Waals surface area contributed by atoms with Gasteiger partial charge in [0, 0.05) is 6.42 Å². The Balaban J connectivity index is 1.96. The van der Waals surface area contributed by atoms with Gasteiger partial charge in [0.25, 0.3) is 5.92 Å². The largest absolute Gasteiger partial charge is 0.320 e. The van der Waals surface area contributed by atoms with Crippen LogP contribution in [0.1, 0.15) is 39.0 Å². The molecule has 13 heavy (non-hydrogen) atoms. The van der Waals surface area contributed by atoms with Gasteiger partial charge in [-0.25, -0.2) is 8.78 Å². The normalized spacial score (nSPS) is 48.9. The maximum Gasteiger partial charge on any atom is 0.268 e. The van der Waals surface area contributed by atoms with E-state index in [9.17, 15) is 8.78 Å². The van der Waals surface area contributed by atoms with Crippen LogP contribution in [-0.2, 0) is 0 Å². The molecule has 0 saturated heterocycles. The van der Waals surface area contributed by atoms with Crippen LogP contribution in [0.5, 0.6) is 0 Å². The number of halogens is 2. The summed E-state index contributed by atoms with van der Waals surface area (Å²) in [7, 11) is 0. The molecule has 1 unspecified atom stereocenters. The predicted octanol–water partition coefficient (Wildman–Crippen LogP) is 2.55. The molecule has 1 atom stereocenters. The molecule has 2 fully saturated rings. The number of alkyl halides is 2. The summed E-state index contributed by atoms with van der Waals surface area (Å²) in [5.41, 5.74) is 4.56. The molecule has 0 aromatic rings. The average molecular weight is 189 g/mol. The van der Waals surface area contributed by atoms with E-state index in [0.29, 0.717) is 5.92 Å². The molecule has 0 spiro atoms. The summed E-state index contributed by atoms with van der Waals surface area (Å²) in [6.07, 6.45) is 3.85. The van der Waals surface area contributed by atoms with E-state index in [0.717, 1.165) is 25.7 Å². The molecule has 2 N–H and O–H groups in total. The predicted molar refractivity (Wildman–Crippen MR) is 47.6 cm³/mol. The molecule has 3 heteroatoms. The molecule has 2 aliphatic carbocycles. The van der Waals surface area contributed by atoms with Gasteiger partial charge in [-0.1, -0.05) is 19.8 Å². The first-order chi connectivity index (χ1) is 5.96. The van der Waals surface area contributed by atoms with Gasteiger partial charge in [-0.05, 0) is 24.7 Å². The van der Waals surface area contributed by atoms with Crippen LogP contribution in [0.15, 0.2) is 0 Å². The lowest BCUT2D eigenvalue weighted by Crippen LogP contribution is -2.40. The second-order valence-corrected chi connectivity index (χ2v) is 4.88. The van der Waals surface area contributed by atoms with Crippen LogP contribution in [-0.4, -0.2) is 11.5 Å². The molecule has 2 saturated carbocycles. The van der Waals surface area contributed by atoms with Gasteiger partial charge >= 0.3 is 0 Å². The van der Waals surface area contributed by atoms with Crippen molar-refractivity contribution in [3.63, 3.8) is 0 Å². The molecule has 1 nitrogen and oxygen atoms in total. The lowest BCUT2D eigenvalue weighted by atomic mass is 9.78. The molecule has 0 bridgehead atoms. The fourth-order valence-corrected chi connectivity index (χ4v) is 2.54. The van der Waals surface area contributed by atoms with Crippen molar-refractivity contribution in [1.82, 2.24) is 0 Å². The Labute approximate surface area is 77.7 Å². The van der Waals surface area contributed by atoms with E-state index in [4.69, 9.17) is 5.73 Å². The third-order valence-electron chi connectivity index (χ3n) is 3.81. The summed E-state index contributed by atoms with van der Waals surface area (Å²) in [5, 5.41) is 0. The summed E-state index contributed by atoms with van der Waals surface area (Å²) >= 11 is 0. The summed E-state index contributed by atoms with van der Waals surface area (Å²) in [6, 6.07) is 0. The Morgan fingerprint density at radius 3 is 2.00 bits per heavy atom. The van der Waals surface area contributed by atoms with E-state index < -0.39 is 11.5 Å². The third-order valence-corrected chi connectivity index (χ3v) is 3.81. The molecular formula is C10H17F2N. The van der Waals surface area contributed by atoms with Gasteiger partial charge in [-0.3, -0.25) is 0 Å². The zero-order valence-corrected chi connectivity index (χ0v) is 8.02. The molecular weight excluding hydrogens is 172 g/mol. The second-order valence-electron chi connectivity index (χ2n) is 4.88. The quantitative estimate of drug-likeness (QED) is 0.674. The van der Waals surface area contributed by atoms with E-state index in [1.54, 1.807) is 0 Å². The van der Waals surface area contributed by atoms with Gasteiger partial charge < -0.3 is 5.73 Å². The van der Waals surface area contributed by atoms with Gasteiger partial charge in [-0.2, -0.15) is 0 Å². The fraction of sp³-hybridized carbons (Fsp3) is 1.00. The number of hydrogen-bond acceptors (Lipinski definition) is 1. The third kappa shape index (κ3) is 1.37. The molecule has 0 aromatic carbocycles. The summed E-state index contributed by atoms with van der Waals surface area (Å²) in [4.78, 5) is 0. The first-order valence-electron chi connectivity index (χ1n) is 5.12. The van der Waals surface area contributed by atoms with Crippen LogP contribution in [0, 0.1) is 11.8 Å². The highest BCUT2D eigenvalue weighted by molar-refractivity contribution is 5.19. The van der Waals surface area contributed by atoms with Crippen molar-refractivity contribution in [3.05, 3.63) is 0 Å². The minimum absolute atomic E-state index is 0.0682. The standard InChI is InChI=1S/C10H17F2N/c1-7-2-4-8(5-3-7)9(13)6-10(9,11)12/h7-8H,2-6,13H2,1H3. The molecule has 0 aromatic heterocycles. The van der Waals surface area contributed by atoms with E-state index in [2.05, 4.69) is 6.92 Å². The Bertz CT molecular complexity index is 209. The first kappa shape index (κ1) is 9.38. The topological polar surface area (TPSA) is 26.0 Å². The van der Waals surface area contributed by atoms with Crippen LogP contribution < -0.4 is 5.73 Å². The fourth-order valence-electron chi connectivity index (χ4n) is 2.54. The van der Waals surface area contributed by atoms with Crippen molar-refractivity contribution in [2.75, 3.05) is 0 Å². The van der Waals surface area contributed by atoms with Crippen LogP contribution >= 0.6 is 0 Å². The van der Waals surface area contributed by atoms with Crippen LogP contribution in [0.4, 0.5) is 8.78 Å². The number of rotatable bonds is 1. The zero-order chi connectivity index (χ0) is 9.69. The van der Waals surface area contributed by atoms with Crippen molar-refractivity contribution in [3.8, 4) is 0 Å². The maximum absolute atomic E-state index is 12.9. The van der Waals surface area contributed by atoms with E-state index in [1.165, 1.54) is 0 Å². The minimum atomic E-state index is -2.57. The molecule has 76 valence electrons. The van der Waals surface area contributed by atoms with Gasteiger partial charge in [0.15, 0.2) is 0 Å². The first-order valence-corrected chi connectivity index (χ1v) is 5.12. The van der Waals surface area contributed by atoms with Crippen LogP contribution in [0.2, 0.25) is 0 Å². The Hall–Kier alpha value is -0.180. The van der Waals surface area contributed by atoms with Gasteiger partial charge in [0.05, 0.1) is 5.54 Å². The SMILES string of the molecule is CC1CCC(C2(N)CC2(F)F)CC1. The molecule has 0 radical (unpaired) electrons. The smallest absolute Gasteiger partial charge is 0.268 e. The van der Waals surface area contributed by atoms with Crippen LogP contribution in [0.25, 0.3) is 0 Å². The van der Waals surface area contributed by atoms with Gasteiger partial charge in [0.2, 0.25) is 0 Å². The monoisotopic (exact) mass is 189 g/mol. The number of hydrogen-bond donors (Lipinski definition) is 1. The highest BCUT2D eigenvalue weighted by Gasteiger charge is 2.71. The highest BCUT2D eigenvalue weighted by atomic mass is 19.3. The molecule has 0 amide bonds. The number of nitrogens with two attached hydrogens (primary N) is 1. The maximum atomic E-state index is 12.9. The van der Waals surface area contributed by atoms with E-state index >= 15 is 0 Å². The van der Waals surface area contributed by atoms with E-state index in [1.807, 2.05) is 0 Å². The van der Waals surface area contributed by atoms with Crippen molar-refractivity contribution in [1.29, 1.82) is 0 Å². The lowest BCUT2D eigenvalue weighted by Gasteiger charge is -2.30. The van der Waals surface area contributed by atoms with Crippen LogP contribution in [0.3, 0.4) is 0 Å². The Morgan fingerprint density at radius 2 is 1.62 bits per heavy atom. The van der Waals surface area contributed by atoms with Crippen molar-refractivity contribution < 1.29 is 8.78 Å². The summed E-state index contributed by atoms with van der Waals surface area (Å²) in [6.45, 7) is 2.18. The van der Waals surface area contributed by atoms with Gasteiger partial charge in [0.1, 0.15) is 0 Å². The molecule has 0 aliphatic heterocycles. The van der Waals surface area contributed by atoms with E-state index in [-0.39, 0.29) is 12.3 Å². The summed E-state index contributed by atoms with van der Waals surface area (Å²) in [5.74, 6) is -1.80. The Morgan fingerprint density at radius 1 is 1.15 bits per heavy atom. The average Bonchev–Trinajstić information content (AvgIpc) is 2.53. The van der Waals surface area contributed by atoms with Crippen molar-refractivity contribution in [2.45, 2.75) is 50.5 Å².